The topological polar surface area (TPSA) is 120 Å². The van der Waals surface area contributed by atoms with Gasteiger partial charge in [0, 0.05) is 31.2 Å². The summed E-state index contributed by atoms with van der Waals surface area (Å²) in [5.74, 6) is -1.84. The van der Waals surface area contributed by atoms with Gasteiger partial charge in [0.1, 0.15) is 23.4 Å². The molecule has 2 bridgehead atoms. The summed E-state index contributed by atoms with van der Waals surface area (Å²) < 4.78 is 25.5. The van der Waals surface area contributed by atoms with Crippen LogP contribution in [-0.4, -0.2) is 77.6 Å². The average molecular weight is 508 g/mol. The number of aliphatic hydroxyl groups is 1. The Morgan fingerprint density at radius 2 is 1.89 bits per heavy atom. The van der Waals surface area contributed by atoms with Crippen molar-refractivity contribution in [3.63, 3.8) is 0 Å². The second-order valence-electron chi connectivity index (χ2n) is 12.2. The van der Waals surface area contributed by atoms with E-state index in [-0.39, 0.29) is 18.6 Å². The molecule has 36 heavy (non-hydrogen) atoms. The summed E-state index contributed by atoms with van der Waals surface area (Å²) in [6.45, 7) is 15.0. The molecule has 5 fully saturated rings. The molecular weight excluding hydrogens is 466 g/mol. The third-order valence-electron chi connectivity index (χ3n) is 9.48. The lowest BCUT2D eigenvalue weighted by Gasteiger charge is -2.75. The monoisotopic (exact) mass is 507 g/mol. The fourth-order valence-corrected chi connectivity index (χ4v) is 8.12. The van der Waals surface area contributed by atoms with Crippen LogP contribution < -0.4 is 5.32 Å². The van der Waals surface area contributed by atoms with Crippen LogP contribution in [0.4, 0.5) is 0 Å². The molecule has 5 rings (SSSR count). The standard InChI is InChI=1S/C27H41NO8/c1-9-18-24(5)14-17(31)27(35-18)25(6)16(30)10-12-23(3,4)21(25)20(34-19(32)11-13-28-8)22(33-15(2)29)26(27,7)36-24/h9,16,18,20-22,28,30H,1,10-14H2,2-8H3/t16-,18?,20-,21-,22-,24+,25-,26+,27-/m0/s1. The highest BCUT2D eigenvalue weighted by molar-refractivity contribution is 5.93. The first kappa shape index (κ1) is 27.2. The molecular formula is C27H41NO8. The van der Waals surface area contributed by atoms with Gasteiger partial charge in [0.15, 0.2) is 17.5 Å². The number of ketones is 1. The molecule has 2 saturated carbocycles. The number of nitrogens with one attached hydrogen (secondary N) is 1. The smallest absolute Gasteiger partial charge is 0.307 e. The van der Waals surface area contributed by atoms with Crippen LogP contribution in [0.1, 0.15) is 67.2 Å². The lowest BCUT2D eigenvalue weighted by atomic mass is 9.39. The highest BCUT2D eigenvalue weighted by Gasteiger charge is 2.86. The number of rotatable bonds is 6. The third kappa shape index (κ3) is 3.38. The molecule has 2 aliphatic carbocycles. The molecule has 3 saturated heterocycles. The number of carbonyl (C=O) groups excluding carboxylic acids is 3. The summed E-state index contributed by atoms with van der Waals surface area (Å²) >= 11 is 0. The van der Waals surface area contributed by atoms with Gasteiger partial charge in [0.2, 0.25) is 0 Å². The molecule has 0 aromatic carbocycles. The second-order valence-corrected chi connectivity index (χ2v) is 12.2. The summed E-state index contributed by atoms with van der Waals surface area (Å²) in [5, 5.41) is 14.6. The first-order chi connectivity index (χ1) is 16.6. The van der Waals surface area contributed by atoms with Crippen molar-refractivity contribution in [3.8, 4) is 0 Å². The van der Waals surface area contributed by atoms with Gasteiger partial charge in [-0.05, 0) is 39.2 Å². The van der Waals surface area contributed by atoms with Crippen LogP contribution in [0.3, 0.4) is 0 Å². The Labute approximate surface area is 213 Å². The Kier molecular flexibility index (Phi) is 6.51. The minimum absolute atomic E-state index is 0.0636. The molecule has 2 N–H and O–H groups in total. The van der Waals surface area contributed by atoms with Gasteiger partial charge in [-0.15, -0.1) is 6.58 Å². The van der Waals surface area contributed by atoms with Gasteiger partial charge >= 0.3 is 11.9 Å². The largest absolute Gasteiger partial charge is 0.458 e. The summed E-state index contributed by atoms with van der Waals surface area (Å²) in [5.41, 5.74) is -5.97. The van der Waals surface area contributed by atoms with E-state index in [1.165, 1.54) is 6.92 Å². The first-order valence-electron chi connectivity index (χ1n) is 12.9. The molecule has 1 spiro atoms. The van der Waals surface area contributed by atoms with Gasteiger partial charge in [-0.1, -0.05) is 26.8 Å². The molecule has 3 heterocycles. The number of esters is 2. The Bertz CT molecular complexity index is 965. The Morgan fingerprint density at radius 1 is 1.22 bits per heavy atom. The van der Waals surface area contributed by atoms with Crippen LogP contribution in [0.2, 0.25) is 0 Å². The molecule has 9 atom stereocenters. The maximum atomic E-state index is 14.2. The number of Topliss-reactive ketones (excluding diaryl/α,β-unsaturated/α-hetero) is 1. The van der Waals surface area contributed by atoms with Crippen molar-refractivity contribution in [2.24, 2.45) is 16.7 Å². The Balaban J connectivity index is 2.00. The normalized spacial score (nSPS) is 46.9. The van der Waals surface area contributed by atoms with Crippen molar-refractivity contribution in [1.82, 2.24) is 5.32 Å². The summed E-state index contributed by atoms with van der Waals surface area (Å²) in [7, 11) is 1.74. The van der Waals surface area contributed by atoms with Gasteiger partial charge in [0.25, 0.3) is 0 Å². The average Bonchev–Trinajstić information content (AvgIpc) is 2.76. The number of aliphatic hydroxyl groups excluding tert-OH is 1. The highest BCUT2D eigenvalue weighted by Crippen LogP contribution is 2.71. The van der Waals surface area contributed by atoms with Crippen molar-refractivity contribution in [2.45, 2.75) is 108 Å². The lowest BCUT2D eigenvalue weighted by molar-refractivity contribution is -0.432. The predicted molar refractivity (Wildman–Crippen MR) is 130 cm³/mol. The maximum absolute atomic E-state index is 14.2. The van der Waals surface area contributed by atoms with Crippen molar-refractivity contribution >= 4 is 17.7 Å². The van der Waals surface area contributed by atoms with Crippen molar-refractivity contribution < 1.29 is 38.4 Å². The fraction of sp³-hybridized carbons (Fsp3) is 0.815. The van der Waals surface area contributed by atoms with Crippen LogP contribution in [0, 0.1) is 16.7 Å². The van der Waals surface area contributed by atoms with Gasteiger partial charge < -0.3 is 29.4 Å². The Hall–Kier alpha value is -1.81. The SMILES string of the molecule is C=CC1O[C@]23C(=O)C[C@@]1(C)O[C@]2(C)[C@@H](OC(C)=O)[C@@H](OC(=O)CCNC)[C@H]1C(C)(C)CC[C@H](O)[C@@]13C. The minimum Gasteiger partial charge on any atom is -0.458 e. The zero-order chi connectivity index (χ0) is 26.9. The van der Waals surface area contributed by atoms with Crippen LogP contribution in [0.25, 0.3) is 0 Å². The molecule has 1 unspecified atom stereocenters. The summed E-state index contributed by atoms with van der Waals surface area (Å²) in [4.78, 5) is 39.7. The molecule has 0 radical (unpaired) electrons. The van der Waals surface area contributed by atoms with Crippen molar-refractivity contribution in [1.29, 1.82) is 0 Å². The number of ether oxygens (including phenoxy) is 4. The van der Waals surface area contributed by atoms with E-state index in [9.17, 15) is 19.5 Å². The van der Waals surface area contributed by atoms with E-state index in [0.717, 1.165) is 0 Å². The molecule has 202 valence electrons. The van der Waals surface area contributed by atoms with Crippen LogP contribution in [-0.2, 0) is 33.3 Å². The number of hydrogen-bond donors (Lipinski definition) is 2. The van der Waals surface area contributed by atoms with Crippen LogP contribution in [0.15, 0.2) is 12.7 Å². The zero-order valence-corrected chi connectivity index (χ0v) is 22.5. The quantitative estimate of drug-likeness (QED) is 0.411. The third-order valence-corrected chi connectivity index (χ3v) is 9.48. The van der Waals surface area contributed by atoms with E-state index in [0.29, 0.717) is 19.4 Å². The summed E-state index contributed by atoms with van der Waals surface area (Å²) in [6.07, 6.45) is -0.820. The first-order valence-corrected chi connectivity index (χ1v) is 12.9. The molecule has 5 aliphatic rings. The van der Waals surface area contributed by atoms with E-state index >= 15 is 0 Å². The van der Waals surface area contributed by atoms with Crippen molar-refractivity contribution in [3.05, 3.63) is 12.7 Å². The molecule has 0 amide bonds. The summed E-state index contributed by atoms with van der Waals surface area (Å²) in [6, 6.07) is 0. The Morgan fingerprint density at radius 3 is 2.47 bits per heavy atom. The number of fused-ring (bicyclic) bond motifs is 3. The molecule has 3 aliphatic heterocycles. The van der Waals surface area contributed by atoms with E-state index in [1.807, 2.05) is 20.8 Å². The van der Waals surface area contributed by atoms with Gasteiger partial charge in [-0.25, -0.2) is 0 Å². The number of hydrogen-bond acceptors (Lipinski definition) is 9. The fourth-order valence-electron chi connectivity index (χ4n) is 8.12. The second kappa shape index (κ2) is 8.61. The number of carbonyl (C=O) groups is 3. The minimum atomic E-state index is -1.66. The maximum Gasteiger partial charge on any atom is 0.307 e. The van der Waals surface area contributed by atoms with Gasteiger partial charge in [0.05, 0.1) is 12.5 Å². The van der Waals surface area contributed by atoms with E-state index < -0.39 is 69.9 Å². The van der Waals surface area contributed by atoms with Crippen molar-refractivity contribution in [2.75, 3.05) is 13.6 Å². The van der Waals surface area contributed by atoms with Gasteiger partial charge in [-0.2, -0.15) is 0 Å². The lowest BCUT2D eigenvalue weighted by Crippen LogP contribution is -2.91. The van der Waals surface area contributed by atoms with Crippen LogP contribution in [0.5, 0.6) is 0 Å². The molecule has 0 aromatic rings. The van der Waals surface area contributed by atoms with E-state index in [1.54, 1.807) is 27.0 Å². The molecule has 0 aromatic heterocycles. The van der Waals surface area contributed by atoms with Gasteiger partial charge in [-0.3, -0.25) is 14.4 Å². The molecule has 9 nitrogen and oxygen atoms in total. The highest BCUT2D eigenvalue weighted by atomic mass is 16.7. The molecule has 9 heteroatoms. The van der Waals surface area contributed by atoms with Crippen LogP contribution >= 0.6 is 0 Å². The van der Waals surface area contributed by atoms with E-state index in [4.69, 9.17) is 18.9 Å². The van der Waals surface area contributed by atoms with E-state index in [2.05, 4.69) is 11.9 Å². The zero-order valence-electron chi connectivity index (χ0n) is 22.5. The predicted octanol–water partition coefficient (Wildman–Crippen LogP) is 2.09.